The molecule has 0 aromatic carbocycles. The number of rotatable bonds is 0. The van der Waals surface area contributed by atoms with Gasteiger partial charge >= 0.3 is 0 Å². The fourth-order valence-electron chi connectivity index (χ4n) is 1.27. The maximum absolute atomic E-state index is 3.60. The van der Waals surface area contributed by atoms with Crippen LogP contribution in [0.4, 0.5) is 0 Å². The molecule has 1 N–H and O–H groups in total. The number of nitrogens with zero attached hydrogens (tertiary/aromatic N) is 2. The molecule has 2 heterocycles. The summed E-state index contributed by atoms with van der Waals surface area (Å²) in [7, 11) is 2.19. The molecular weight excluding hydrogens is 174 g/mol. The molecule has 1 aromatic heterocycles. The van der Waals surface area contributed by atoms with Crippen LogP contribution in [0.15, 0.2) is 18.5 Å². The molecule has 2 rings (SSSR count). The molecule has 1 aliphatic heterocycles. The SMILES string of the molecule is CC.CN1CCCCC1.c1cn[nH]c1. The average Bonchev–Trinajstić information content (AvgIpc) is 2.80. The Morgan fingerprint density at radius 3 is 2.00 bits per heavy atom. The van der Waals surface area contributed by atoms with E-state index in [9.17, 15) is 0 Å². The van der Waals surface area contributed by atoms with E-state index in [0.29, 0.717) is 0 Å². The molecule has 0 amide bonds. The quantitative estimate of drug-likeness (QED) is 0.693. The van der Waals surface area contributed by atoms with Crippen LogP contribution in [0.5, 0.6) is 0 Å². The van der Waals surface area contributed by atoms with E-state index >= 15 is 0 Å². The lowest BCUT2D eigenvalue weighted by Gasteiger charge is -2.20. The molecule has 0 atom stereocenters. The van der Waals surface area contributed by atoms with Crippen molar-refractivity contribution in [3.05, 3.63) is 18.5 Å². The third-order valence-electron chi connectivity index (χ3n) is 1.99. The molecule has 0 aliphatic carbocycles. The van der Waals surface area contributed by atoms with Crippen LogP contribution in [-0.4, -0.2) is 35.2 Å². The van der Waals surface area contributed by atoms with Crippen molar-refractivity contribution in [2.45, 2.75) is 33.1 Å². The Bertz CT molecular complexity index is 149. The normalized spacial score (nSPS) is 15.9. The van der Waals surface area contributed by atoms with Crippen LogP contribution in [0.3, 0.4) is 0 Å². The number of hydrogen-bond acceptors (Lipinski definition) is 2. The van der Waals surface area contributed by atoms with Gasteiger partial charge in [0.1, 0.15) is 0 Å². The lowest BCUT2D eigenvalue weighted by Crippen LogP contribution is -2.24. The molecule has 0 bridgehead atoms. The molecule has 1 fully saturated rings. The Kier molecular flexibility index (Phi) is 9.64. The van der Waals surface area contributed by atoms with Gasteiger partial charge in [-0.05, 0) is 39.0 Å². The van der Waals surface area contributed by atoms with Crippen LogP contribution in [-0.2, 0) is 0 Å². The third-order valence-corrected chi connectivity index (χ3v) is 1.99. The van der Waals surface area contributed by atoms with Gasteiger partial charge < -0.3 is 4.90 Å². The predicted molar refractivity (Wildman–Crippen MR) is 61.3 cm³/mol. The number of nitrogens with one attached hydrogen (secondary N) is 1. The maximum atomic E-state index is 3.60. The highest BCUT2D eigenvalue weighted by atomic mass is 15.1. The summed E-state index contributed by atoms with van der Waals surface area (Å²) >= 11 is 0. The standard InChI is InChI=1S/C6H13N.C3H4N2.C2H6/c1-7-5-3-2-4-6-7;1-2-4-5-3-1;1-2/h2-6H2,1H3;1-3H,(H,4,5);1-2H3. The predicted octanol–water partition coefficient (Wildman–Crippen LogP) is 2.54. The monoisotopic (exact) mass is 197 g/mol. The molecule has 14 heavy (non-hydrogen) atoms. The van der Waals surface area contributed by atoms with E-state index in [2.05, 4.69) is 22.1 Å². The second-order valence-electron chi connectivity index (χ2n) is 3.13. The second kappa shape index (κ2) is 10.3. The first kappa shape index (κ1) is 13.2. The summed E-state index contributed by atoms with van der Waals surface area (Å²) < 4.78 is 0. The molecule has 82 valence electrons. The van der Waals surface area contributed by atoms with Gasteiger partial charge in [-0.15, -0.1) is 0 Å². The second-order valence-corrected chi connectivity index (χ2v) is 3.13. The largest absolute Gasteiger partial charge is 0.306 e. The van der Waals surface area contributed by atoms with Gasteiger partial charge in [0, 0.05) is 12.4 Å². The number of piperidine rings is 1. The van der Waals surface area contributed by atoms with Crippen molar-refractivity contribution in [2.24, 2.45) is 0 Å². The highest BCUT2D eigenvalue weighted by molar-refractivity contribution is 4.72. The van der Waals surface area contributed by atoms with Crippen molar-refractivity contribution in [1.29, 1.82) is 0 Å². The summed E-state index contributed by atoms with van der Waals surface area (Å²) in [6.45, 7) is 6.64. The van der Waals surface area contributed by atoms with Crippen molar-refractivity contribution >= 4 is 0 Å². The summed E-state index contributed by atoms with van der Waals surface area (Å²) in [6.07, 6.45) is 7.73. The van der Waals surface area contributed by atoms with Gasteiger partial charge in [0.15, 0.2) is 0 Å². The smallest absolute Gasteiger partial charge is 0.0487 e. The van der Waals surface area contributed by atoms with Crippen molar-refractivity contribution in [1.82, 2.24) is 15.1 Å². The van der Waals surface area contributed by atoms with Crippen molar-refractivity contribution < 1.29 is 0 Å². The van der Waals surface area contributed by atoms with Gasteiger partial charge in [-0.25, -0.2) is 0 Å². The number of hydrogen-bond donors (Lipinski definition) is 1. The van der Waals surface area contributed by atoms with Gasteiger partial charge in [0.2, 0.25) is 0 Å². The molecule has 3 nitrogen and oxygen atoms in total. The van der Waals surface area contributed by atoms with E-state index in [0.717, 1.165) is 0 Å². The van der Waals surface area contributed by atoms with Crippen LogP contribution in [0, 0.1) is 0 Å². The zero-order chi connectivity index (χ0) is 10.6. The number of aromatic nitrogens is 2. The van der Waals surface area contributed by atoms with Gasteiger partial charge in [0.25, 0.3) is 0 Å². The molecular formula is C11H23N3. The molecule has 1 aromatic rings. The molecule has 0 spiro atoms. The first-order valence-corrected chi connectivity index (χ1v) is 5.52. The van der Waals surface area contributed by atoms with E-state index in [1.54, 1.807) is 12.4 Å². The Hall–Kier alpha value is -0.830. The minimum Gasteiger partial charge on any atom is -0.306 e. The minimum absolute atomic E-state index is 1.32. The molecule has 3 heteroatoms. The highest BCUT2D eigenvalue weighted by Gasteiger charge is 2.02. The van der Waals surface area contributed by atoms with Gasteiger partial charge in [-0.2, -0.15) is 5.10 Å². The molecule has 1 saturated heterocycles. The number of likely N-dealkylation sites (tertiary alicyclic amines) is 1. The summed E-state index contributed by atoms with van der Waals surface area (Å²) in [6, 6.07) is 1.83. The van der Waals surface area contributed by atoms with Crippen molar-refractivity contribution in [3.63, 3.8) is 0 Å². The minimum atomic E-state index is 1.32. The molecule has 0 saturated carbocycles. The summed E-state index contributed by atoms with van der Waals surface area (Å²) in [5.74, 6) is 0. The zero-order valence-electron chi connectivity index (χ0n) is 9.66. The third kappa shape index (κ3) is 7.80. The maximum Gasteiger partial charge on any atom is 0.0487 e. The van der Waals surface area contributed by atoms with Crippen molar-refractivity contribution in [2.75, 3.05) is 20.1 Å². The van der Waals surface area contributed by atoms with E-state index in [1.807, 2.05) is 19.9 Å². The fraction of sp³-hybridized carbons (Fsp3) is 0.727. The van der Waals surface area contributed by atoms with Crippen LogP contribution in [0.1, 0.15) is 33.1 Å². The molecule has 0 unspecified atom stereocenters. The van der Waals surface area contributed by atoms with Crippen LogP contribution in [0.25, 0.3) is 0 Å². The van der Waals surface area contributed by atoms with Crippen LogP contribution >= 0.6 is 0 Å². The molecule has 1 aliphatic rings. The first-order valence-electron chi connectivity index (χ1n) is 5.52. The summed E-state index contributed by atoms with van der Waals surface area (Å²) in [5.41, 5.74) is 0. The lowest BCUT2D eigenvalue weighted by atomic mass is 10.1. The van der Waals surface area contributed by atoms with E-state index in [-0.39, 0.29) is 0 Å². The zero-order valence-corrected chi connectivity index (χ0v) is 9.66. The highest BCUT2D eigenvalue weighted by Crippen LogP contribution is 2.04. The topological polar surface area (TPSA) is 31.9 Å². The number of aromatic amines is 1. The van der Waals surface area contributed by atoms with E-state index in [4.69, 9.17) is 0 Å². The van der Waals surface area contributed by atoms with E-state index < -0.39 is 0 Å². The Morgan fingerprint density at radius 1 is 1.14 bits per heavy atom. The van der Waals surface area contributed by atoms with Gasteiger partial charge in [-0.1, -0.05) is 20.3 Å². The Balaban J connectivity index is 0.000000213. The lowest BCUT2D eigenvalue weighted by molar-refractivity contribution is 0.277. The Labute approximate surface area is 87.5 Å². The number of H-pyrrole nitrogens is 1. The van der Waals surface area contributed by atoms with Gasteiger partial charge in [-0.3, -0.25) is 5.10 Å². The molecule has 0 radical (unpaired) electrons. The van der Waals surface area contributed by atoms with Crippen LogP contribution in [0.2, 0.25) is 0 Å². The first-order chi connectivity index (χ1) is 6.89. The van der Waals surface area contributed by atoms with E-state index in [1.165, 1.54) is 32.4 Å². The average molecular weight is 197 g/mol. The summed E-state index contributed by atoms with van der Waals surface area (Å²) in [5, 5.41) is 6.21. The van der Waals surface area contributed by atoms with Crippen molar-refractivity contribution in [3.8, 4) is 0 Å². The fourth-order valence-corrected chi connectivity index (χ4v) is 1.27. The summed E-state index contributed by atoms with van der Waals surface area (Å²) in [4.78, 5) is 2.39. The Morgan fingerprint density at radius 2 is 1.79 bits per heavy atom. The van der Waals surface area contributed by atoms with Crippen LogP contribution < -0.4 is 0 Å². The van der Waals surface area contributed by atoms with Gasteiger partial charge in [0.05, 0.1) is 0 Å².